The number of morpholine rings is 1. The van der Waals surface area contributed by atoms with Crippen LogP contribution in [0.15, 0.2) is 24.3 Å². The molecule has 3 rings (SSSR count). The summed E-state index contributed by atoms with van der Waals surface area (Å²) in [5.74, 6) is -0.617. The van der Waals surface area contributed by atoms with Crippen molar-refractivity contribution >= 4 is 24.4 Å². The third-order valence-corrected chi connectivity index (χ3v) is 6.10. The minimum atomic E-state index is -0.710. The third kappa shape index (κ3) is 10.3. The van der Waals surface area contributed by atoms with Gasteiger partial charge in [0.25, 0.3) is 0 Å². The van der Waals surface area contributed by atoms with E-state index < -0.39 is 11.9 Å². The lowest BCUT2D eigenvalue weighted by molar-refractivity contribution is -0.148. The van der Waals surface area contributed by atoms with Gasteiger partial charge in [-0.15, -0.1) is 12.4 Å². The molecule has 3 atom stereocenters. The van der Waals surface area contributed by atoms with Gasteiger partial charge in [0.05, 0.1) is 39.5 Å². The number of urea groups is 1. The Hall–Kier alpha value is -2.15. The summed E-state index contributed by atoms with van der Waals surface area (Å²) in [5, 5.41) is 16.2. The normalized spacial score (nSPS) is 20.4. The van der Waals surface area contributed by atoms with Gasteiger partial charge in [-0.25, -0.2) is 4.79 Å². The Labute approximate surface area is 224 Å². The number of amides is 2. The maximum Gasteiger partial charge on any atom is 0.317 e. The van der Waals surface area contributed by atoms with Crippen LogP contribution in [0.2, 0.25) is 0 Å². The molecule has 2 aliphatic heterocycles. The van der Waals surface area contributed by atoms with Crippen molar-refractivity contribution in [2.75, 3.05) is 66.3 Å². The van der Waals surface area contributed by atoms with Crippen LogP contribution >= 0.6 is 12.4 Å². The highest BCUT2D eigenvalue weighted by atomic mass is 35.5. The first-order valence-corrected chi connectivity index (χ1v) is 12.4. The molecule has 11 nitrogen and oxygen atoms in total. The average Bonchev–Trinajstić information content (AvgIpc) is 3.25. The number of ether oxygens (including phenoxy) is 5. The van der Waals surface area contributed by atoms with Gasteiger partial charge in [-0.3, -0.25) is 4.79 Å². The number of hydrogen-bond acceptors (Lipinski definition) is 9. The number of esters is 1. The molecule has 0 radical (unpaired) electrons. The maximum atomic E-state index is 12.0. The summed E-state index contributed by atoms with van der Waals surface area (Å²) in [7, 11) is 1.37. The molecule has 2 aliphatic rings. The highest BCUT2D eigenvalue weighted by Crippen LogP contribution is 2.35. The predicted octanol–water partition coefficient (Wildman–Crippen LogP) is 1.28. The van der Waals surface area contributed by atoms with Gasteiger partial charge in [0, 0.05) is 38.6 Å². The molecule has 2 fully saturated rings. The first kappa shape index (κ1) is 31.1. The molecule has 2 heterocycles. The van der Waals surface area contributed by atoms with Crippen LogP contribution in [0.5, 0.6) is 5.75 Å². The number of carbonyl (C=O) groups excluding carboxylic acids is 2. The molecule has 210 valence electrons. The van der Waals surface area contributed by atoms with Crippen LogP contribution in [0, 0.1) is 0 Å². The van der Waals surface area contributed by atoms with Gasteiger partial charge < -0.3 is 44.3 Å². The van der Waals surface area contributed by atoms with Gasteiger partial charge in [0.2, 0.25) is 0 Å². The number of nitrogens with zero attached hydrogens (tertiary/aromatic N) is 1. The van der Waals surface area contributed by atoms with E-state index in [0.29, 0.717) is 58.3 Å². The Kier molecular flexibility index (Phi) is 12.9. The van der Waals surface area contributed by atoms with E-state index in [1.165, 1.54) is 7.11 Å². The van der Waals surface area contributed by atoms with Gasteiger partial charge >= 0.3 is 12.0 Å². The number of hydrogen-bond donors (Lipinski definition) is 3. The number of nitrogens with one attached hydrogen (secondary N) is 2. The molecule has 2 amide bonds. The number of halogens is 1. The fourth-order valence-electron chi connectivity index (χ4n) is 4.11. The minimum Gasteiger partial charge on any atom is -0.491 e. The van der Waals surface area contributed by atoms with E-state index in [2.05, 4.69) is 10.6 Å². The van der Waals surface area contributed by atoms with Crippen molar-refractivity contribution in [2.45, 2.75) is 44.2 Å². The number of rotatable bonds is 12. The summed E-state index contributed by atoms with van der Waals surface area (Å²) in [4.78, 5) is 25.7. The fraction of sp³-hybridized carbons (Fsp3) is 0.680. The quantitative estimate of drug-likeness (QED) is 0.263. The van der Waals surface area contributed by atoms with Crippen LogP contribution in [-0.4, -0.2) is 106 Å². The van der Waals surface area contributed by atoms with Crippen LogP contribution in [0.25, 0.3) is 0 Å². The number of carbonyl (C=O) groups is 2. The van der Waals surface area contributed by atoms with Gasteiger partial charge in [-0.2, -0.15) is 0 Å². The van der Waals surface area contributed by atoms with Crippen molar-refractivity contribution in [1.82, 2.24) is 15.5 Å². The predicted molar refractivity (Wildman–Crippen MR) is 138 cm³/mol. The van der Waals surface area contributed by atoms with Crippen molar-refractivity contribution in [3.05, 3.63) is 29.8 Å². The molecule has 0 saturated carbocycles. The standard InChI is InChI=1S/C25H39N3O8.ClH/c1-25(2)35-17-22(36-25)21(14-23(30)32-3)18-4-6-20(7-5-18)34-16-19(29)15-26-8-9-27-24(31)28-10-12-33-13-11-28;/h4-7,19,21-22,26,29H,8-17H2,1-3H3,(H,27,31);1H/t19-,21?,22+;/m0./s1. The molecule has 1 aromatic rings. The lowest BCUT2D eigenvalue weighted by Gasteiger charge is -2.27. The Morgan fingerprint density at radius 2 is 1.89 bits per heavy atom. The molecule has 3 N–H and O–H groups in total. The Morgan fingerprint density at radius 3 is 2.51 bits per heavy atom. The monoisotopic (exact) mass is 545 g/mol. The molecule has 0 bridgehead atoms. The van der Waals surface area contributed by atoms with Crippen LogP contribution in [0.1, 0.15) is 31.7 Å². The van der Waals surface area contributed by atoms with Crippen molar-refractivity contribution in [3.8, 4) is 5.75 Å². The zero-order valence-corrected chi connectivity index (χ0v) is 22.6. The van der Waals surface area contributed by atoms with Gasteiger partial charge in [-0.05, 0) is 31.5 Å². The summed E-state index contributed by atoms with van der Waals surface area (Å²) in [6, 6.07) is 7.29. The van der Waals surface area contributed by atoms with Crippen LogP contribution in [0.3, 0.4) is 0 Å². The zero-order chi connectivity index (χ0) is 26.0. The molecule has 0 aliphatic carbocycles. The second kappa shape index (κ2) is 15.3. The van der Waals surface area contributed by atoms with Crippen LogP contribution in [0.4, 0.5) is 4.79 Å². The van der Waals surface area contributed by atoms with Crippen molar-refractivity contribution in [2.24, 2.45) is 0 Å². The molecule has 12 heteroatoms. The molecular formula is C25H40ClN3O8. The molecule has 37 heavy (non-hydrogen) atoms. The van der Waals surface area contributed by atoms with E-state index in [1.807, 2.05) is 38.1 Å². The summed E-state index contributed by atoms with van der Waals surface area (Å²) in [6.45, 7) is 7.87. The molecule has 0 aromatic heterocycles. The fourth-order valence-corrected chi connectivity index (χ4v) is 4.11. The minimum absolute atomic E-state index is 0. The van der Waals surface area contributed by atoms with E-state index in [-0.39, 0.29) is 49.5 Å². The second-order valence-electron chi connectivity index (χ2n) is 9.32. The number of benzene rings is 1. The van der Waals surface area contributed by atoms with E-state index in [9.17, 15) is 14.7 Å². The second-order valence-corrected chi connectivity index (χ2v) is 9.32. The lowest BCUT2D eigenvalue weighted by Crippen LogP contribution is -2.47. The molecule has 1 aromatic carbocycles. The van der Waals surface area contributed by atoms with Crippen molar-refractivity contribution < 1.29 is 38.4 Å². The van der Waals surface area contributed by atoms with Gasteiger partial charge in [0.15, 0.2) is 5.79 Å². The van der Waals surface area contributed by atoms with Crippen LogP contribution in [-0.2, 0) is 23.7 Å². The smallest absolute Gasteiger partial charge is 0.317 e. The SMILES string of the molecule is COC(=O)CC(c1ccc(OC[C@@H](O)CNCCNC(=O)N2CCOCC2)cc1)[C@H]1COC(C)(C)O1.Cl. The number of aliphatic hydroxyl groups is 1. The Bertz CT molecular complexity index is 836. The number of methoxy groups -OCH3 is 1. The first-order valence-electron chi connectivity index (χ1n) is 12.4. The molecule has 2 saturated heterocycles. The highest BCUT2D eigenvalue weighted by Gasteiger charge is 2.39. The summed E-state index contributed by atoms with van der Waals surface area (Å²) in [5.41, 5.74) is 0.917. The first-order chi connectivity index (χ1) is 17.3. The Morgan fingerprint density at radius 1 is 1.19 bits per heavy atom. The topological polar surface area (TPSA) is 128 Å². The van der Waals surface area contributed by atoms with Gasteiger partial charge in [-0.1, -0.05) is 12.1 Å². The molecular weight excluding hydrogens is 506 g/mol. The largest absolute Gasteiger partial charge is 0.491 e. The maximum absolute atomic E-state index is 12.0. The van der Waals surface area contributed by atoms with E-state index in [1.54, 1.807) is 4.90 Å². The van der Waals surface area contributed by atoms with Crippen LogP contribution < -0.4 is 15.4 Å². The van der Waals surface area contributed by atoms with E-state index in [0.717, 1.165) is 5.56 Å². The van der Waals surface area contributed by atoms with Crippen molar-refractivity contribution in [1.29, 1.82) is 0 Å². The summed E-state index contributed by atoms with van der Waals surface area (Å²) >= 11 is 0. The summed E-state index contributed by atoms with van der Waals surface area (Å²) < 4.78 is 27.5. The average molecular weight is 546 g/mol. The summed E-state index contributed by atoms with van der Waals surface area (Å²) in [6.07, 6.45) is -0.798. The van der Waals surface area contributed by atoms with E-state index >= 15 is 0 Å². The van der Waals surface area contributed by atoms with E-state index in [4.69, 9.17) is 23.7 Å². The molecule has 1 unspecified atom stereocenters. The number of aliphatic hydroxyl groups excluding tert-OH is 1. The Balaban J connectivity index is 0.00000481. The third-order valence-electron chi connectivity index (χ3n) is 6.10. The van der Waals surface area contributed by atoms with Crippen molar-refractivity contribution in [3.63, 3.8) is 0 Å². The molecule has 0 spiro atoms. The highest BCUT2D eigenvalue weighted by molar-refractivity contribution is 5.85. The van der Waals surface area contributed by atoms with Gasteiger partial charge in [0.1, 0.15) is 18.5 Å². The zero-order valence-electron chi connectivity index (χ0n) is 21.8. The lowest BCUT2D eigenvalue weighted by atomic mass is 9.90.